The van der Waals surface area contributed by atoms with E-state index < -0.39 is 0 Å². The highest BCUT2D eigenvalue weighted by atomic mass is 16.1. The fourth-order valence-corrected chi connectivity index (χ4v) is 3.09. The molecule has 0 saturated heterocycles. The molecule has 122 valence electrons. The first-order valence-electron chi connectivity index (χ1n) is 8.13. The molecule has 1 aromatic heterocycles. The van der Waals surface area contributed by atoms with Crippen molar-refractivity contribution in [2.24, 2.45) is 11.7 Å². The summed E-state index contributed by atoms with van der Waals surface area (Å²) in [6.45, 7) is 1.26. The number of nitrogens with one attached hydrogen (secondary N) is 1. The van der Waals surface area contributed by atoms with Crippen molar-refractivity contribution in [2.75, 3.05) is 0 Å². The van der Waals surface area contributed by atoms with Gasteiger partial charge in [0.1, 0.15) is 12.7 Å². The molecule has 0 radical (unpaired) electrons. The molecule has 1 aliphatic rings. The van der Waals surface area contributed by atoms with Gasteiger partial charge in [0.2, 0.25) is 5.91 Å². The number of aromatic nitrogens is 3. The number of amides is 1. The Morgan fingerprint density at radius 2 is 2.04 bits per heavy atom. The van der Waals surface area contributed by atoms with Crippen LogP contribution < -0.4 is 11.1 Å². The van der Waals surface area contributed by atoms with Crippen molar-refractivity contribution < 1.29 is 4.79 Å². The van der Waals surface area contributed by atoms with E-state index in [1.54, 1.807) is 11.0 Å². The van der Waals surface area contributed by atoms with E-state index in [0.29, 0.717) is 25.4 Å². The third-order valence-corrected chi connectivity index (χ3v) is 4.49. The molecular weight excluding hydrogens is 290 g/mol. The number of rotatable bonds is 6. The Balaban J connectivity index is 1.45. The SMILES string of the molecule is N[C@@H]1CCC[C@H]1CC(=O)NCc1ccc(Cn2cncn2)cc1. The van der Waals surface area contributed by atoms with Gasteiger partial charge in [-0.2, -0.15) is 5.10 Å². The minimum absolute atomic E-state index is 0.0963. The zero-order valence-corrected chi connectivity index (χ0v) is 13.2. The summed E-state index contributed by atoms with van der Waals surface area (Å²) < 4.78 is 1.78. The summed E-state index contributed by atoms with van der Waals surface area (Å²) in [6, 6.07) is 8.37. The topological polar surface area (TPSA) is 85.8 Å². The smallest absolute Gasteiger partial charge is 0.220 e. The molecule has 6 heteroatoms. The Labute approximate surface area is 136 Å². The summed E-state index contributed by atoms with van der Waals surface area (Å²) in [5, 5.41) is 7.08. The van der Waals surface area contributed by atoms with E-state index in [9.17, 15) is 4.79 Å². The van der Waals surface area contributed by atoms with Gasteiger partial charge in [0, 0.05) is 19.0 Å². The van der Waals surface area contributed by atoms with Crippen molar-refractivity contribution in [1.82, 2.24) is 20.1 Å². The largest absolute Gasteiger partial charge is 0.352 e. The first kappa shape index (κ1) is 15.7. The van der Waals surface area contributed by atoms with E-state index in [1.807, 2.05) is 12.1 Å². The lowest BCUT2D eigenvalue weighted by Crippen LogP contribution is -2.31. The molecule has 6 nitrogen and oxygen atoms in total. The van der Waals surface area contributed by atoms with Gasteiger partial charge in [0.25, 0.3) is 0 Å². The quantitative estimate of drug-likeness (QED) is 0.845. The van der Waals surface area contributed by atoms with Crippen LogP contribution in [0.5, 0.6) is 0 Å². The van der Waals surface area contributed by atoms with Crippen LogP contribution >= 0.6 is 0 Å². The molecule has 1 heterocycles. The first-order chi connectivity index (χ1) is 11.2. The fourth-order valence-electron chi connectivity index (χ4n) is 3.09. The Kier molecular flexibility index (Phi) is 5.02. The number of hydrogen-bond donors (Lipinski definition) is 2. The maximum Gasteiger partial charge on any atom is 0.220 e. The molecule has 1 amide bonds. The normalized spacial score (nSPS) is 20.6. The second kappa shape index (κ2) is 7.37. The van der Waals surface area contributed by atoms with E-state index in [-0.39, 0.29) is 11.9 Å². The molecule has 0 unspecified atom stereocenters. The average Bonchev–Trinajstić information content (AvgIpc) is 3.19. The Hall–Kier alpha value is -2.21. The lowest BCUT2D eigenvalue weighted by molar-refractivity contribution is -0.122. The summed E-state index contributed by atoms with van der Waals surface area (Å²) in [5.74, 6) is 0.444. The Bertz CT molecular complexity index is 623. The second-order valence-corrected chi connectivity index (χ2v) is 6.25. The molecule has 1 aliphatic carbocycles. The van der Waals surface area contributed by atoms with Gasteiger partial charge in [-0.15, -0.1) is 0 Å². The highest BCUT2D eigenvalue weighted by molar-refractivity contribution is 5.76. The number of benzene rings is 1. The van der Waals surface area contributed by atoms with E-state index in [2.05, 4.69) is 27.5 Å². The Morgan fingerprint density at radius 1 is 1.26 bits per heavy atom. The number of hydrogen-bond acceptors (Lipinski definition) is 4. The van der Waals surface area contributed by atoms with E-state index in [1.165, 1.54) is 6.33 Å². The van der Waals surface area contributed by atoms with Gasteiger partial charge in [-0.1, -0.05) is 30.7 Å². The van der Waals surface area contributed by atoms with Crippen LogP contribution in [-0.2, 0) is 17.9 Å². The molecular formula is C17H23N5O. The predicted octanol–water partition coefficient (Wildman–Crippen LogP) is 1.46. The molecule has 1 fully saturated rings. The van der Waals surface area contributed by atoms with Crippen LogP contribution in [0.3, 0.4) is 0 Å². The molecule has 0 bridgehead atoms. The molecule has 3 N–H and O–H groups in total. The van der Waals surface area contributed by atoms with Crippen LogP contribution in [0.4, 0.5) is 0 Å². The fraction of sp³-hybridized carbons (Fsp3) is 0.471. The van der Waals surface area contributed by atoms with Crippen molar-refractivity contribution >= 4 is 5.91 Å². The van der Waals surface area contributed by atoms with Crippen LogP contribution in [0.25, 0.3) is 0 Å². The van der Waals surface area contributed by atoms with Gasteiger partial charge in [0.05, 0.1) is 6.54 Å². The van der Waals surface area contributed by atoms with Crippen LogP contribution in [-0.4, -0.2) is 26.7 Å². The zero-order valence-electron chi connectivity index (χ0n) is 13.2. The van der Waals surface area contributed by atoms with Crippen LogP contribution in [0, 0.1) is 5.92 Å². The molecule has 0 aliphatic heterocycles. The summed E-state index contributed by atoms with van der Waals surface area (Å²) in [6.07, 6.45) is 7.04. The maximum absolute atomic E-state index is 12.0. The van der Waals surface area contributed by atoms with Crippen molar-refractivity contribution in [3.05, 3.63) is 48.0 Å². The summed E-state index contributed by atoms with van der Waals surface area (Å²) in [5.41, 5.74) is 8.26. The predicted molar refractivity (Wildman–Crippen MR) is 87.3 cm³/mol. The lowest BCUT2D eigenvalue weighted by atomic mass is 10.00. The molecule has 1 saturated carbocycles. The minimum Gasteiger partial charge on any atom is -0.352 e. The van der Waals surface area contributed by atoms with Crippen LogP contribution in [0.2, 0.25) is 0 Å². The third-order valence-electron chi connectivity index (χ3n) is 4.49. The number of carbonyl (C=O) groups is 1. The molecule has 0 spiro atoms. The van der Waals surface area contributed by atoms with Gasteiger partial charge < -0.3 is 11.1 Å². The molecule has 2 atom stereocenters. The van der Waals surface area contributed by atoms with E-state index >= 15 is 0 Å². The molecule has 23 heavy (non-hydrogen) atoms. The van der Waals surface area contributed by atoms with Gasteiger partial charge in [0.15, 0.2) is 0 Å². The van der Waals surface area contributed by atoms with Crippen molar-refractivity contribution in [2.45, 2.75) is 44.8 Å². The summed E-state index contributed by atoms with van der Waals surface area (Å²) in [4.78, 5) is 15.9. The highest BCUT2D eigenvalue weighted by Crippen LogP contribution is 2.26. The average molecular weight is 313 g/mol. The second-order valence-electron chi connectivity index (χ2n) is 6.25. The zero-order chi connectivity index (χ0) is 16.1. The van der Waals surface area contributed by atoms with Crippen LogP contribution in [0.15, 0.2) is 36.9 Å². The Morgan fingerprint density at radius 3 is 2.70 bits per heavy atom. The maximum atomic E-state index is 12.0. The first-order valence-corrected chi connectivity index (χ1v) is 8.13. The number of nitrogens with zero attached hydrogens (tertiary/aromatic N) is 3. The number of nitrogens with two attached hydrogens (primary N) is 1. The summed E-state index contributed by atoms with van der Waals surface area (Å²) >= 11 is 0. The van der Waals surface area contributed by atoms with Crippen LogP contribution in [0.1, 0.15) is 36.8 Å². The third kappa shape index (κ3) is 4.39. The molecule has 2 aromatic rings. The number of carbonyl (C=O) groups excluding carboxylic acids is 1. The van der Waals surface area contributed by atoms with Crippen molar-refractivity contribution in [3.8, 4) is 0 Å². The highest BCUT2D eigenvalue weighted by Gasteiger charge is 2.25. The van der Waals surface area contributed by atoms with Gasteiger partial charge >= 0.3 is 0 Å². The molecule has 1 aromatic carbocycles. The van der Waals surface area contributed by atoms with Gasteiger partial charge in [-0.05, 0) is 29.9 Å². The molecule has 3 rings (SSSR count). The summed E-state index contributed by atoms with van der Waals surface area (Å²) in [7, 11) is 0. The van der Waals surface area contributed by atoms with Crippen molar-refractivity contribution in [3.63, 3.8) is 0 Å². The van der Waals surface area contributed by atoms with Gasteiger partial charge in [-0.3, -0.25) is 4.79 Å². The van der Waals surface area contributed by atoms with E-state index in [4.69, 9.17) is 5.73 Å². The monoisotopic (exact) mass is 313 g/mol. The standard InChI is InChI=1S/C17H23N5O/c18-16-3-1-2-15(16)8-17(23)20-9-13-4-6-14(7-5-13)10-22-12-19-11-21-22/h4-7,11-12,15-16H,1-3,8-10,18H2,(H,20,23)/t15-,16+/m0/s1. The lowest BCUT2D eigenvalue weighted by Gasteiger charge is -2.14. The van der Waals surface area contributed by atoms with Crippen molar-refractivity contribution in [1.29, 1.82) is 0 Å². The minimum atomic E-state index is 0.0963. The van der Waals surface area contributed by atoms with Gasteiger partial charge in [-0.25, -0.2) is 9.67 Å². The van der Waals surface area contributed by atoms with E-state index in [0.717, 1.165) is 30.4 Å².